The summed E-state index contributed by atoms with van der Waals surface area (Å²) in [5.41, 5.74) is 0. The third kappa shape index (κ3) is 1.75. The average Bonchev–Trinajstić information content (AvgIpc) is 2.50. The molecule has 1 rings (SSSR count). The number of carbonyl (C=O) groups is 2. The van der Waals surface area contributed by atoms with Gasteiger partial charge in [-0.05, 0) is 6.42 Å². The molecule has 2 amide bonds. The summed E-state index contributed by atoms with van der Waals surface area (Å²) >= 11 is 0. The molecule has 1 saturated heterocycles. The summed E-state index contributed by atoms with van der Waals surface area (Å²) in [6.45, 7) is 2.99. The van der Waals surface area contributed by atoms with E-state index in [1.165, 1.54) is 0 Å². The smallest absolute Gasteiger partial charge is 0.219 e. The van der Waals surface area contributed by atoms with E-state index >= 15 is 0 Å². The Bertz CT molecular complexity index is 193. The van der Waals surface area contributed by atoms with Crippen LogP contribution in [0.5, 0.6) is 0 Å². The van der Waals surface area contributed by atoms with E-state index in [4.69, 9.17) is 0 Å². The van der Waals surface area contributed by atoms with Crippen LogP contribution in [0.2, 0.25) is 0 Å². The first-order valence-corrected chi connectivity index (χ1v) is 4.08. The summed E-state index contributed by atoms with van der Waals surface area (Å²) < 4.78 is 0. The number of nitrogens with zero attached hydrogens (tertiary/aromatic N) is 2. The molecule has 0 aromatic carbocycles. The molecule has 1 unspecified atom stereocenters. The molecule has 1 fully saturated rings. The van der Waals surface area contributed by atoms with Crippen molar-refractivity contribution in [3.05, 3.63) is 0 Å². The standard InChI is InChI=1S/C8H14N2O2/c1-7(12)9(2)8-3-4-10(5-8)6-11/h6,8H,3-5H2,1-2H3. The summed E-state index contributed by atoms with van der Waals surface area (Å²) in [5.74, 6) is 0.0627. The lowest BCUT2D eigenvalue weighted by Crippen LogP contribution is -2.37. The number of rotatable bonds is 2. The van der Waals surface area contributed by atoms with E-state index in [9.17, 15) is 9.59 Å². The van der Waals surface area contributed by atoms with Crippen LogP contribution in [-0.2, 0) is 9.59 Å². The summed E-state index contributed by atoms with van der Waals surface area (Å²) in [6, 6.07) is 0.215. The fourth-order valence-corrected chi connectivity index (χ4v) is 1.44. The van der Waals surface area contributed by atoms with E-state index in [0.29, 0.717) is 6.54 Å². The maximum atomic E-state index is 10.9. The number of hydrogen-bond donors (Lipinski definition) is 0. The van der Waals surface area contributed by atoms with Crippen LogP contribution >= 0.6 is 0 Å². The normalized spacial score (nSPS) is 22.5. The van der Waals surface area contributed by atoms with E-state index in [1.807, 2.05) is 0 Å². The number of carbonyl (C=O) groups excluding carboxylic acids is 2. The number of likely N-dealkylation sites (N-methyl/N-ethyl adjacent to an activating group) is 1. The first-order chi connectivity index (χ1) is 5.65. The van der Waals surface area contributed by atoms with Gasteiger partial charge in [0.2, 0.25) is 12.3 Å². The van der Waals surface area contributed by atoms with Gasteiger partial charge >= 0.3 is 0 Å². The SMILES string of the molecule is CC(=O)N(C)C1CCN(C=O)C1. The highest BCUT2D eigenvalue weighted by molar-refractivity contribution is 5.73. The predicted molar refractivity (Wildman–Crippen MR) is 44.5 cm³/mol. The Kier molecular flexibility index (Phi) is 2.68. The molecule has 1 aliphatic rings. The van der Waals surface area contributed by atoms with Crippen molar-refractivity contribution in [2.45, 2.75) is 19.4 Å². The van der Waals surface area contributed by atoms with Crippen molar-refractivity contribution in [2.75, 3.05) is 20.1 Å². The van der Waals surface area contributed by atoms with Crippen molar-refractivity contribution >= 4 is 12.3 Å². The highest BCUT2D eigenvalue weighted by Crippen LogP contribution is 2.12. The zero-order chi connectivity index (χ0) is 9.14. The second kappa shape index (κ2) is 3.56. The quantitative estimate of drug-likeness (QED) is 0.534. The van der Waals surface area contributed by atoms with Gasteiger partial charge in [0.1, 0.15) is 0 Å². The van der Waals surface area contributed by atoms with E-state index in [2.05, 4.69) is 0 Å². The molecule has 0 aliphatic carbocycles. The third-order valence-electron chi connectivity index (χ3n) is 2.39. The largest absolute Gasteiger partial charge is 0.343 e. The van der Waals surface area contributed by atoms with Gasteiger partial charge in [0, 0.05) is 27.1 Å². The van der Waals surface area contributed by atoms with E-state index in [0.717, 1.165) is 19.4 Å². The molecule has 0 N–H and O–H groups in total. The van der Waals surface area contributed by atoms with Crippen molar-refractivity contribution in [1.29, 1.82) is 0 Å². The number of hydrogen-bond acceptors (Lipinski definition) is 2. The van der Waals surface area contributed by atoms with Gasteiger partial charge in [-0.3, -0.25) is 9.59 Å². The molecular weight excluding hydrogens is 156 g/mol. The molecule has 12 heavy (non-hydrogen) atoms. The molecule has 0 saturated carbocycles. The first-order valence-electron chi connectivity index (χ1n) is 4.08. The summed E-state index contributed by atoms with van der Waals surface area (Å²) in [7, 11) is 1.78. The minimum Gasteiger partial charge on any atom is -0.343 e. The molecule has 1 aliphatic heterocycles. The molecule has 68 valence electrons. The molecule has 0 bridgehead atoms. The van der Waals surface area contributed by atoms with Crippen LogP contribution in [0, 0.1) is 0 Å². The van der Waals surface area contributed by atoms with Gasteiger partial charge in [0.15, 0.2) is 0 Å². The minimum atomic E-state index is 0.0627. The molecule has 0 radical (unpaired) electrons. The van der Waals surface area contributed by atoms with Gasteiger partial charge in [-0.25, -0.2) is 0 Å². The fourth-order valence-electron chi connectivity index (χ4n) is 1.44. The maximum Gasteiger partial charge on any atom is 0.219 e. The Labute approximate surface area is 72.1 Å². The number of likely N-dealkylation sites (tertiary alicyclic amines) is 1. The van der Waals surface area contributed by atoms with Gasteiger partial charge in [-0.1, -0.05) is 0 Å². The molecule has 0 spiro atoms. The lowest BCUT2D eigenvalue weighted by molar-refractivity contribution is -0.129. The first kappa shape index (κ1) is 9.03. The Morgan fingerprint density at radius 1 is 1.67 bits per heavy atom. The number of amides is 2. The Morgan fingerprint density at radius 3 is 2.75 bits per heavy atom. The molecule has 4 nitrogen and oxygen atoms in total. The van der Waals surface area contributed by atoms with Crippen molar-refractivity contribution in [3.8, 4) is 0 Å². The zero-order valence-corrected chi connectivity index (χ0v) is 7.49. The molecule has 1 heterocycles. The predicted octanol–water partition coefficient (Wildman–Crippen LogP) is -0.305. The van der Waals surface area contributed by atoms with Crippen LogP contribution < -0.4 is 0 Å². The zero-order valence-electron chi connectivity index (χ0n) is 7.49. The molecule has 4 heteroatoms. The fraction of sp³-hybridized carbons (Fsp3) is 0.750. The average molecular weight is 170 g/mol. The van der Waals surface area contributed by atoms with Gasteiger partial charge in [-0.15, -0.1) is 0 Å². The van der Waals surface area contributed by atoms with Crippen LogP contribution in [0.15, 0.2) is 0 Å². The highest BCUT2D eigenvalue weighted by atomic mass is 16.2. The lowest BCUT2D eigenvalue weighted by atomic mass is 10.2. The Morgan fingerprint density at radius 2 is 2.33 bits per heavy atom. The second-order valence-corrected chi connectivity index (χ2v) is 3.17. The van der Waals surface area contributed by atoms with Gasteiger partial charge < -0.3 is 9.80 Å². The summed E-state index contributed by atoms with van der Waals surface area (Å²) in [4.78, 5) is 24.7. The van der Waals surface area contributed by atoms with E-state index in [-0.39, 0.29) is 11.9 Å². The van der Waals surface area contributed by atoms with Gasteiger partial charge in [-0.2, -0.15) is 0 Å². The van der Waals surface area contributed by atoms with Crippen LogP contribution in [0.4, 0.5) is 0 Å². The Hall–Kier alpha value is -1.06. The lowest BCUT2D eigenvalue weighted by Gasteiger charge is -2.22. The van der Waals surface area contributed by atoms with Crippen LogP contribution in [0.3, 0.4) is 0 Å². The highest BCUT2D eigenvalue weighted by Gasteiger charge is 2.25. The summed E-state index contributed by atoms with van der Waals surface area (Å²) in [5, 5.41) is 0. The Balaban J connectivity index is 2.46. The minimum absolute atomic E-state index is 0.0627. The van der Waals surface area contributed by atoms with Crippen molar-refractivity contribution in [3.63, 3.8) is 0 Å². The third-order valence-corrected chi connectivity index (χ3v) is 2.39. The van der Waals surface area contributed by atoms with E-state index in [1.54, 1.807) is 23.8 Å². The molecule has 0 aromatic heterocycles. The van der Waals surface area contributed by atoms with Gasteiger partial charge in [0.25, 0.3) is 0 Å². The van der Waals surface area contributed by atoms with Crippen molar-refractivity contribution in [2.24, 2.45) is 0 Å². The topological polar surface area (TPSA) is 40.6 Å². The molecule has 1 atom stereocenters. The van der Waals surface area contributed by atoms with Crippen molar-refractivity contribution < 1.29 is 9.59 Å². The van der Waals surface area contributed by atoms with Crippen molar-refractivity contribution in [1.82, 2.24) is 9.80 Å². The summed E-state index contributed by atoms with van der Waals surface area (Å²) in [6.07, 6.45) is 1.74. The van der Waals surface area contributed by atoms with E-state index < -0.39 is 0 Å². The molecule has 0 aromatic rings. The van der Waals surface area contributed by atoms with Crippen LogP contribution in [0.25, 0.3) is 0 Å². The second-order valence-electron chi connectivity index (χ2n) is 3.17. The van der Waals surface area contributed by atoms with Crippen LogP contribution in [-0.4, -0.2) is 48.3 Å². The van der Waals surface area contributed by atoms with Crippen LogP contribution in [0.1, 0.15) is 13.3 Å². The maximum absolute atomic E-state index is 10.9. The molecular formula is C8H14N2O2. The van der Waals surface area contributed by atoms with Gasteiger partial charge in [0.05, 0.1) is 6.04 Å². The monoisotopic (exact) mass is 170 g/mol.